The topological polar surface area (TPSA) is 68.0 Å². The molecule has 0 radical (unpaired) electrons. The zero-order valence-corrected chi connectivity index (χ0v) is 11.5. The number of nitrogens with one attached hydrogen (secondary N) is 1. The Bertz CT molecular complexity index is 525. The Labute approximate surface area is 116 Å². The maximum atomic E-state index is 11.7. The van der Waals surface area contributed by atoms with Gasteiger partial charge in [0.2, 0.25) is 5.91 Å². The standard InChI is InChI=1S/C14H17N3OS/c15-12-3-1-2-11(10-12)4-5-13(18)16-7-6-14-17-8-9-19-14/h1-3,8-10H,4-7,15H2,(H,16,18). The molecule has 0 saturated heterocycles. The Morgan fingerprint density at radius 2 is 2.26 bits per heavy atom. The first-order chi connectivity index (χ1) is 9.24. The van der Waals surface area contributed by atoms with Gasteiger partial charge in [0.05, 0.1) is 5.01 Å². The van der Waals surface area contributed by atoms with Gasteiger partial charge in [-0.15, -0.1) is 11.3 Å². The van der Waals surface area contributed by atoms with Gasteiger partial charge in [-0.25, -0.2) is 4.98 Å². The molecule has 5 heteroatoms. The minimum Gasteiger partial charge on any atom is -0.399 e. The lowest BCUT2D eigenvalue weighted by molar-refractivity contribution is -0.121. The average Bonchev–Trinajstić information content (AvgIpc) is 2.90. The number of nitrogen functional groups attached to an aromatic ring is 1. The summed E-state index contributed by atoms with van der Waals surface area (Å²) in [5.41, 5.74) is 7.52. The number of hydrogen-bond donors (Lipinski definition) is 2. The van der Waals surface area contributed by atoms with Crippen molar-refractivity contribution in [2.24, 2.45) is 0 Å². The number of rotatable bonds is 6. The fraction of sp³-hybridized carbons (Fsp3) is 0.286. The fourth-order valence-corrected chi connectivity index (χ4v) is 2.40. The second-order valence-electron chi connectivity index (χ2n) is 4.27. The Morgan fingerprint density at radius 3 is 3.00 bits per heavy atom. The summed E-state index contributed by atoms with van der Waals surface area (Å²) in [6, 6.07) is 7.64. The lowest BCUT2D eigenvalue weighted by Gasteiger charge is -2.04. The van der Waals surface area contributed by atoms with Crippen LogP contribution in [0, 0.1) is 0 Å². The summed E-state index contributed by atoms with van der Waals surface area (Å²) in [6.07, 6.45) is 3.78. The van der Waals surface area contributed by atoms with Crippen molar-refractivity contribution in [2.45, 2.75) is 19.3 Å². The molecule has 100 valence electrons. The molecule has 0 spiro atoms. The van der Waals surface area contributed by atoms with E-state index in [0.29, 0.717) is 19.4 Å². The van der Waals surface area contributed by atoms with Crippen LogP contribution < -0.4 is 11.1 Å². The highest BCUT2D eigenvalue weighted by atomic mass is 32.1. The number of carbonyl (C=O) groups is 1. The van der Waals surface area contributed by atoms with Gasteiger partial charge in [-0.3, -0.25) is 4.79 Å². The average molecular weight is 275 g/mol. The molecule has 2 aromatic rings. The van der Waals surface area contributed by atoms with E-state index in [1.54, 1.807) is 17.5 Å². The minimum absolute atomic E-state index is 0.0685. The van der Waals surface area contributed by atoms with Crippen LogP contribution in [0.1, 0.15) is 17.0 Å². The van der Waals surface area contributed by atoms with Crippen LogP contribution in [-0.2, 0) is 17.6 Å². The smallest absolute Gasteiger partial charge is 0.220 e. The normalized spacial score (nSPS) is 10.3. The van der Waals surface area contributed by atoms with E-state index >= 15 is 0 Å². The maximum absolute atomic E-state index is 11.7. The number of hydrogen-bond acceptors (Lipinski definition) is 4. The van der Waals surface area contributed by atoms with Crippen LogP contribution in [0.25, 0.3) is 0 Å². The monoisotopic (exact) mass is 275 g/mol. The van der Waals surface area contributed by atoms with Crippen LogP contribution >= 0.6 is 11.3 Å². The third-order valence-corrected chi connectivity index (χ3v) is 3.58. The number of amides is 1. The summed E-state index contributed by atoms with van der Waals surface area (Å²) in [7, 11) is 0. The highest BCUT2D eigenvalue weighted by molar-refractivity contribution is 7.09. The van der Waals surface area contributed by atoms with Crippen LogP contribution in [0.5, 0.6) is 0 Å². The van der Waals surface area contributed by atoms with Crippen molar-refractivity contribution in [1.29, 1.82) is 0 Å². The van der Waals surface area contributed by atoms with Gasteiger partial charge in [0, 0.05) is 36.7 Å². The Kier molecular flexibility index (Phi) is 4.92. The lowest BCUT2D eigenvalue weighted by atomic mass is 10.1. The zero-order chi connectivity index (χ0) is 13.5. The summed E-state index contributed by atoms with van der Waals surface area (Å²) >= 11 is 1.61. The number of anilines is 1. The predicted molar refractivity (Wildman–Crippen MR) is 78.0 cm³/mol. The van der Waals surface area contributed by atoms with Crippen molar-refractivity contribution in [3.05, 3.63) is 46.4 Å². The van der Waals surface area contributed by atoms with Crippen molar-refractivity contribution >= 4 is 22.9 Å². The molecule has 2 rings (SSSR count). The van der Waals surface area contributed by atoms with E-state index in [1.165, 1.54) is 0 Å². The first kappa shape index (κ1) is 13.5. The zero-order valence-electron chi connectivity index (χ0n) is 10.6. The SMILES string of the molecule is Nc1cccc(CCC(=O)NCCc2nccs2)c1. The van der Waals surface area contributed by atoms with E-state index in [9.17, 15) is 4.79 Å². The molecule has 3 N–H and O–H groups in total. The highest BCUT2D eigenvalue weighted by Crippen LogP contribution is 2.08. The first-order valence-electron chi connectivity index (χ1n) is 6.23. The Balaban J connectivity index is 1.67. The van der Waals surface area contributed by atoms with Gasteiger partial charge < -0.3 is 11.1 Å². The van der Waals surface area contributed by atoms with Gasteiger partial charge in [-0.2, -0.15) is 0 Å². The second kappa shape index (κ2) is 6.89. The molecule has 1 heterocycles. The minimum atomic E-state index is 0.0685. The molecule has 0 aliphatic heterocycles. The van der Waals surface area contributed by atoms with Crippen molar-refractivity contribution in [3.8, 4) is 0 Å². The van der Waals surface area contributed by atoms with E-state index in [2.05, 4.69) is 10.3 Å². The Hall–Kier alpha value is -1.88. The van der Waals surface area contributed by atoms with Crippen LogP contribution in [0.2, 0.25) is 0 Å². The number of nitrogens with two attached hydrogens (primary N) is 1. The van der Waals surface area contributed by atoms with Crippen molar-refractivity contribution in [2.75, 3.05) is 12.3 Å². The van der Waals surface area contributed by atoms with E-state index in [4.69, 9.17) is 5.73 Å². The van der Waals surface area contributed by atoms with Crippen molar-refractivity contribution in [1.82, 2.24) is 10.3 Å². The molecular weight excluding hydrogens is 258 g/mol. The molecule has 1 amide bonds. The molecule has 0 unspecified atom stereocenters. The van der Waals surface area contributed by atoms with Crippen molar-refractivity contribution in [3.63, 3.8) is 0 Å². The van der Waals surface area contributed by atoms with E-state index < -0.39 is 0 Å². The third kappa shape index (κ3) is 4.71. The molecule has 0 bridgehead atoms. The largest absolute Gasteiger partial charge is 0.399 e. The second-order valence-corrected chi connectivity index (χ2v) is 5.25. The van der Waals surface area contributed by atoms with Crippen LogP contribution in [-0.4, -0.2) is 17.4 Å². The summed E-state index contributed by atoms with van der Waals surface area (Å²) in [4.78, 5) is 15.8. The van der Waals surface area contributed by atoms with E-state index in [1.807, 2.05) is 29.6 Å². The van der Waals surface area contributed by atoms with Gasteiger partial charge in [0.25, 0.3) is 0 Å². The van der Waals surface area contributed by atoms with Gasteiger partial charge >= 0.3 is 0 Å². The highest BCUT2D eigenvalue weighted by Gasteiger charge is 2.03. The number of nitrogens with zero attached hydrogens (tertiary/aromatic N) is 1. The van der Waals surface area contributed by atoms with Gasteiger partial charge in [0.15, 0.2) is 0 Å². The fourth-order valence-electron chi connectivity index (χ4n) is 1.78. The summed E-state index contributed by atoms with van der Waals surface area (Å²) in [5.74, 6) is 0.0685. The molecule has 0 aliphatic carbocycles. The third-order valence-electron chi connectivity index (χ3n) is 2.74. The maximum Gasteiger partial charge on any atom is 0.220 e. The predicted octanol–water partition coefficient (Wildman–Crippen LogP) is 2.02. The molecule has 1 aromatic carbocycles. The van der Waals surface area contributed by atoms with E-state index in [-0.39, 0.29) is 5.91 Å². The Morgan fingerprint density at radius 1 is 1.37 bits per heavy atom. The van der Waals surface area contributed by atoms with Crippen LogP contribution in [0.4, 0.5) is 5.69 Å². The first-order valence-corrected chi connectivity index (χ1v) is 7.11. The van der Waals surface area contributed by atoms with Crippen LogP contribution in [0.3, 0.4) is 0 Å². The molecule has 4 nitrogen and oxygen atoms in total. The number of benzene rings is 1. The lowest BCUT2D eigenvalue weighted by Crippen LogP contribution is -2.25. The molecule has 0 fully saturated rings. The molecule has 0 atom stereocenters. The van der Waals surface area contributed by atoms with Crippen LogP contribution in [0.15, 0.2) is 35.8 Å². The number of thiazole rings is 1. The molecule has 1 aromatic heterocycles. The molecule has 19 heavy (non-hydrogen) atoms. The number of aryl methyl sites for hydroxylation is 1. The quantitative estimate of drug-likeness (QED) is 0.792. The van der Waals surface area contributed by atoms with E-state index in [0.717, 1.165) is 22.7 Å². The summed E-state index contributed by atoms with van der Waals surface area (Å²) in [6.45, 7) is 0.642. The summed E-state index contributed by atoms with van der Waals surface area (Å²) < 4.78 is 0. The van der Waals surface area contributed by atoms with Gasteiger partial charge in [0.1, 0.15) is 0 Å². The van der Waals surface area contributed by atoms with Gasteiger partial charge in [-0.05, 0) is 24.1 Å². The number of carbonyl (C=O) groups excluding carboxylic acids is 1. The molecular formula is C14H17N3OS. The molecule has 0 saturated carbocycles. The van der Waals surface area contributed by atoms with Gasteiger partial charge in [-0.1, -0.05) is 12.1 Å². The summed E-state index contributed by atoms with van der Waals surface area (Å²) in [5, 5.41) is 5.90. The molecule has 0 aliphatic rings. The van der Waals surface area contributed by atoms with Crippen molar-refractivity contribution < 1.29 is 4.79 Å². The number of aromatic nitrogens is 1.